The minimum atomic E-state index is -2.16. The maximum absolute atomic E-state index is 17.5. The normalized spacial score (nSPS) is 46.1. The Morgan fingerprint density at radius 1 is 0.687 bits per heavy atom. The molecule has 368 valence electrons. The predicted octanol–water partition coefficient (Wildman–Crippen LogP) is 5.31. The zero-order valence-corrected chi connectivity index (χ0v) is 39.7. The fourth-order valence-electron chi connectivity index (χ4n) is 15.5. The second kappa shape index (κ2) is 16.0. The van der Waals surface area contributed by atoms with Crippen LogP contribution in [0.4, 0.5) is 13.6 Å². The first-order valence-corrected chi connectivity index (χ1v) is 23.7. The molecule has 0 heterocycles. The summed E-state index contributed by atoms with van der Waals surface area (Å²) in [5.74, 6) is -6.92. The molecule has 8 aliphatic rings. The van der Waals surface area contributed by atoms with E-state index in [9.17, 15) is 49.2 Å². The Bertz CT molecular complexity index is 2290. The van der Waals surface area contributed by atoms with Crippen molar-refractivity contribution in [2.24, 2.45) is 57.2 Å². The predicted molar refractivity (Wildman–Crippen MR) is 234 cm³/mol. The molecule has 4 N–H and O–H groups in total. The van der Waals surface area contributed by atoms with Crippen LogP contribution in [0, 0.1) is 57.2 Å². The van der Waals surface area contributed by atoms with Crippen molar-refractivity contribution in [2.45, 2.75) is 147 Å². The van der Waals surface area contributed by atoms with Crippen molar-refractivity contribution >= 4 is 35.3 Å². The van der Waals surface area contributed by atoms with E-state index in [2.05, 4.69) is 0 Å². The molecule has 0 aromatic carbocycles. The Morgan fingerprint density at radius 2 is 1.10 bits per heavy atom. The number of Topliss-reactive ketones (excluding diaryl/α,β-unsaturated/α-hetero) is 2. The molecule has 16 heteroatoms. The monoisotopic (exact) mass is 940 g/mol. The molecule has 0 bridgehead atoms. The Morgan fingerprint density at radius 3 is 1.54 bits per heavy atom. The molecule has 0 radical (unpaired) electrons. The molecule has 14 nitrogen and oxygen atoms in total. The summed E-state index contributed by atoms with van der Waals surface area (Å²) in [6, 6.07) is 0. The van der Waals surface area contributed by atoms with Crippen LogP contribution in [0.2, 0.25) is 0 Å². The van der Waals surface area contributed by atoms with Crippen molar-refractivity contribution in [1.82, 2.24) is 0 Å². The lowest BCUT2D eigenvalue weighted by molar-refractivity contribution is -0.220. The molecule has 8 rings (SSSR count). The summed E-state index contributed by atoms with van der Waals surface area (Å²) in [7, 11) is 0. The zero-order valence-electron chi connectivity index (χ0n) is 39.7. The summed E-state index contributed by atoms with van der Waals surface area (Å²) < 4.78 is 56.3. The molecule has 0 saturated heterocycles. The highest BCUT2D eigenvalue weighted by molar-refractivity contribution is 6.02. The van der Waals surface area contributed by atoms with Gasteiger partial charge in [0.25, 0.3) is 0 Å². The molecule has 0 amide bonds. The average Bonchev–Trinajstić information content (AvgIpc) is 3.58. The molecule has 0 spiro atoms. The number of hydrogen-bond acceptors (Lipinski definition) is 14. The minimum absolute atomic E-state index is 0.238. The van der Waals surface area contributed by atoms with Gasteiger partial charge in [0.1, 0.15) is 23.4 Å². The van der Waals surface area contributed by atoms with Crippen LogP contribution in [0.25, 0.3) is 0 Å². The van der Waals surface area contributed by atoms with Gasteiger partial charge in [-0.05, 0) is 127 Å². The molecule has 67 heavy (non-hydrogen) atoms. The van der Waals surface area contributed by atoms with Gasteiger partial charge in [0.05, 0.1) is 18.8 Å². The van der Waals surface area contributed by atoms with Gasteiger partial charge in [-0.1, -0.05) is 51.0 Å². The number of carbonyl (C=O) groups is 6. The van der Waals surface area contributed by atoms with E-state index in [-0.39, 0.29) is 43.9 Å². The van der Waals surface area contributed by atoms with Crippen LogP contribution in [-0.4, -0.2) is 122 Å². The third-order valence-electron chi connectivity index (χ3n) is 19.0. The standard InChI is InChI=1S/C51H66F2O14/c1-27-17-35-33-11-9-29-19-31(54)13-15-44(29,5)48(33,52)37(56)21-46(35,7)50(27,62)39(58)23-65-41(60)25-64-26-43(3,4)67-42(61)66-24-40(59)51(63)28(2)18-36-34-12-10-30-20-32(55)14-16-45(30,6)49(34,53)38(57)22-47(36,51)8/h13-16,19-20,27-28,33-38,56-57,62-63H,9-12,17-18,21-26H2,1-8H3/t27-,28-,33+,34+,35+,36+,37+,38+,44+,45+,46+,47+,48+,49+,50+,51+/m1/s1. The topological polar surface area (TPSA) is 220 Å². The van der Waals surface area contributed by atoms with Gasteiger partial charge in [0.2, 0.25) is 11.6 Å². The third kappa shape index (κ3) is 6.75. The number of ether oxygens (including phenoxy) is 4. The number of aliphatic hydroxyl groups excluding tert-OH is 2. The van der Waals surface area contributed by atoms with Crippen molar-refractivity contribution < 1.29 is 76.9 Å². The quantitative estimate of drug-likeness (QED) is 0.193. The molecule has 0 aromatic heterocycles. The number of alkyl halides is 2. The first-order valence-electron chi connectivity index (χ1n) is 23.7. The fraction of sp³-hybridized carbons (Fsp3) is 0.725. The lowest BCUT2D eigenvalue weighted by Crippen LogP contribution is -2.69. The van der Waals surface area contributed by atoms with E-state index >= 15 is 8.78 Å². The van der Waals surface area contributed by atoms with Crippen LogP contribution >= 0.6 is 0 Å². The highest BCUT2D eigenvalue weighted by Gasteiger charge is 2.77. The smallest absolute Gasteiger partial charge is 0.456 e. The van der Waals surface area contributed by atoms with Crippen LogP contribution in [0.15, 0.2) is 47.6 Å². The summed E-state index contributed by atoms with van der Waals surface area (Å²) in [6.45, 7) is 10.2. The molecular weight excluding hydrogens is 875 g/mol. The first-order chi connectivity index (χ1) is 31.0. The fourth-order valence-corrected chi connectivity index (χ4v) is 15.5. The maximum atomic E-state index is 17.5. The lowest BCUT2D eigenvalue weighted by Gasteiger charge is -2.62. The van der Waals surface area contributed by atoms with E-state index in [4.69, 9.17) is 18.9 Å². The van der Waals surface area contributed by atoms with E-state index in [1.165, 1.54) is 50.3 Å². The van der Waals surface area contributed by atoms with Gasteiger partial charge in [-0.15, -0.1) is 0 Å². The number of carbonyl (C=O) groups excluding carboxylic acids is 6. The van der Waals surface area contributed by atoms with Crippen molar-refractivity contribution in [2.75, 3.05) is 26.4 Å². The number of halogens is 2. The molecule has 6 fully saturated rings. The van der Waals surface area contributed by atoms with Gasteiger partial charge in [-0.25, -0.2) is 18.4 Å². The number of fused-ring (bicyclic) bond motifs is 10. The van der Waals surface area contributed by atoms with Gasteiger partial charge in [-0.2, -0.15) is 0 Å². The van der Waals surface area contributed by atoms with Crippen molar-refractivity contribution in [3.05, 3.63) is 47.6 Å². The third-order valence-corrected chi connectivity index (χ3v) is 19.0. The Balaban J connectivity index is 0.825. The Kier molecular flexibility index (Phi) is 11.8. The van der Waals surface area contributed by atoms with E-state index in [0.717, 1.165) is 0 Å². The van der Waals surface area contributed by atoms with Crippen LogP contribution in [0.1, 0.15) is 107 Å². The SMILES string of the molecule is C[C@@H]1C[C@H]2[C@@H]3CCC4=CC(=O)C=C[C@]4(C)[C@@]3(F)[C@@H](O)C[C@]2(C)[C@@]1(O)C(=O)COC(=O)COCC(C)(C)OC(=O)OCC(=O)[C@@]1(O)[C@H](C)C[C@H]2[C@@H]3CCC4=CC(=O)C=C[C@]4(C)[C@@]3(F)[C@@H](O)C[C@@]21C. The zero-order chi connectivity index (χ0) is 49.3. The van der Waals surface area contributed by atoms with Gasteiger partial charge >= 0.3 is 12.1 Å². The molecular formula is C51H66F2O14. The van der Waals surface area contributed by atoms with Gasteiger partial charge in [0.15, 0.2) is 36.1 Å². The highest BCUT2D eigenvalue weighted by atomic mass is 19.1. The molecule has 6 saturated carbocycles. The maximum Gasteiger partial charge on any atom is 0.509 e. The number of esters is 1. The second-order valence-corrected chi connectivity index (χ2v) is 22.7. The number of hydrogen-bond donors (Lipinski definition) is 4. The molecule has 0 aromatic rings. The van der Waals surface area contributed by atoms with Crippen LogP contribution in [-0.2, 0) is 42.9 Å². The molecule has 0 aliphatic heterocycles. The first kappa shape index (κ1) is 49.5. The van der Waals surface area contributed by atoms with Crippen molar-refractivity contribution in [3.63, 3.8) is 0 Å². The number of aliphatic hydroxyl groups is 4. The second-order valence-electron chi connectivity index (χ2n) is 22.7. The summed E-state index contributed by atoms with van der Waals surface area (Å²) in [5, 5.41) is 47.7. The van der Waals surface area contributed by atoms with Crippen molar-refractivity contribution in [1.29, 1.82) is 0 Å². The van der Waals surface area contributed by atoms with Crippen LogP contribution in [0.3, 0.4) is 0 Å². The Labute approximate surface area is 389 Å². The number of rotatable bonds is 11. The average molecular weight is 941 g/mol. The minimum Gasteiger partial charge on any atom is -0.456 e. The number of ketones is 4. The van der Waals surface area contributed by atoms with E-state index in [0.29, 0.717) is 36.8 Å². The summed E-state index contributed by atoms with van der Waals surface area (Å²) >= 11 is 0. The largest absolute Gasteiger partial charge is 0.509 e. The summed E-state index contributed by atoms with van der Waals surface area (Å²) in [6.07, 6.45) is 5.70. The molecule has 8 aliphatic carbocycles. The van der Waals surface area contributed by atoms with Crippen LogP contribution in [0.5, 0.6) is 0 Å². The van der Waals surface area contributed by atoms with E-state index in [1.807, 2.05) is 0 Å². The number of allylic oxidation sites excluding steroid dienone is 8. The summed E-state index contributed by atoms with van der Waals surface area (Å²) in [4.78, 5) is 77.9. The van der Waals surface area contributed by atoms with Crippen LogP contribution < -0.4 is 0 Å². The van der Waals surface area contributed by atoms with Crippen molar-refractivity contribution in [3.8, 4) is 0 Å². The Hall–Kier alpha value is -3.96. The van der Waals surface area contributed by atoms with Gasteiger partial charge in [-0.3, -0.25) is 19.2 Å². The molecule has 16 atom stereocenters. The van der Waals surface area contributed by atoms with E-state index < -0.39 is 141 Å². The summed E-state index contributed by atoms with van der Waals surface area (Å²) in [5.41, 5.74) is -13.7. The lowest BCUT2D eigenvalue weighted by atomic mass is 9.44. The molecule has 0 unspecified atom stereocenters. The van der Waals surface area contributed by atoms with E-state index in [1.54, 1.807) is 41.5 Å². The van der Waals surface area contributed by atoms with Gasteiger partial charge in [0, 0.05) is 33.5 Å². The highest BCUT2D eigenvalue weighted by Crippen LogP contribution is 2.72. The van der Waals surface area contributed by atoms with Gasteiger partial charge < -0.3 is 39.4 Å².